The van der Waals surface area contributed by atoms with E-state index in [1.54, 1.807) is 0 Å². The Morgan fingerprint density at radius 1 is 1.41 bits per heavy atom. The highest BCUT2D eigenvalue weighted by atomic mass is 16.5. The highest BCUT2D eigenvalue weighted by Gasteiger charge is 2.34. The van der Waals surface area contributed by atoms with Gasteiger partial charge in [-0.1, -0.05) is 0 Å². The van der Waals surface area contributed by atoms with Crippen LogP contribution >= 0.6 is 0 Å². The standard InChI is InChI=1S/C10H19N3O4/c11-7(5-8(12)15)9(16)13-10(6-14)1-3-17-4-2-10/h7,14H,1-6,11H2,(H2,12,15)(H,13,16). The molecule has 6 N–H and O–H groups in total. The first kappa shape index (κ1) is 13.9. The van der Waals surface area contributed by atoms with Crippen LogP contribution in [0.4, 0.5) is 0 Å². The Kier molecular flexibility index (Phi) is 4.86. The molecule has 1 atom stereocenters. The van der Waals surface area contributed by atoms with Crippen molar-refractivity contribution in [1.29, 1.82) is 0 Å². The number of hydrogen-bond donors (Lipinski definition) is 4. The van der Waals surface area contributed by atoms with E-state index < -0.39 is 23.4 Å². The molecule has 7 heteroatoms. The van der Waals surface area contributed by atoms with Crippen LogP contribution in [0, 0.1) is 0 Å². The molecule has 0 bridgehead atoms. The molecule has 1 rings (SSSR count). The van der Waals surface area contributed by atoms with Crippen molar-refractivity contribution in [3.05, 3.63) is 0 Å². The van der Waals surface area contributed by atoms with Crippen molar-refractivity contribution in [2.75, 3.05) is 19.8 Å². The van der Waals surface area contributed by atoms with Crippen LogP contribution in [-0.2, 0) is 14.3 Å². The molecule has 17 heavy (non-hydrogen) atoms. The van der Waals surface area contributed by atoms with E-state index in [0.29, 0.717) is 26.1 Å². The highest BCUT2D eigenvalue weighted by molar-refractivity contribution is 5.87. The number of carbonyl (C=O) groups excluding carboxylic acids is 2. The molecule has 1 saturated heterocycles. The summed E-state index contributed by atoms with van der Waals surface area (Å²) >= 11 is 0. The lowest BCUT2D eigenvalue weighted by Gasteiger charge is -2.36. The minimum absolute atomic E-state index is 0.175. The van der Waals surface area contributed by atoms with Gasteiger partial charge in [0.1, 0.15) is 0 Å². The topological polar surface area (TPSA) is 128 Å². The van der Waals surface area contributed by atoms with E-state index in [9.17, 15) is 14.7 Å². The molecular formula is C10H19N3O4. The summed E-state index contributed by atoms with van der Waals surface area (Å²) in [5, 5.41) is 12.0. The fourth-order valence-electron chi connectivity index (χ4n) is 1.75. The Hall–Kier alpha value is -1.18. The summed E-state index contributed by atoms with van der Waals surface area (Å²) in [4.78, 5) is 22.4. The number of amides is 2. The maximum atomic E-state index is 11.7. The van der Waals surface area contributed by atoms with Crippen molar-refractivity contribution >= 4 is 11.8 Å². The Morgan fingerprint density at radius 2 is 2.00 bits per heavy atom. The Balaban J connectivity index is 2.55. The van der Waals surface area contributed by atoms with Crippen LogP contribution in [0.25, 0.3) is 0 Å². The predicted molar refractivity (Wildman–Crippen MR) is 59.8 cm³/mol. The van der Waals surface area contributed by atoms with Crippen LogP contribution < -0.4 is 16.8 Å². The lowest BCUT2D eigenvalue weighted by molar-refractivity contribution is -0.129. The molecule has 0 aromatic rings. The smallest absolute Gasteiger partial charge is 0.237 e. The zero-order valence-electron chi connectivity index (χ0n) is 9.65. The van der Waals surface area contributed by atoms with Gasteiger partial charge in [0.25, 0.3) is 0 Å². The van der Waals surface area contributed by atoms with E-state index in [1.165, 1.54) is 0 Å². The number of aliphatic hydroxyl groups excluding tert-OH is 1. The first-order valence-electron chi connectivity index (χ1n) is 5.53. The summed E-state index contributed by atoms with van der Waals surface area (Å²) in [6, 6.07) is -0.973. The molecule has 1 aliphatic rings. The molecule has 1 heterocycles. The fourth-order valence-corrected chi connectivity index (χ4v) is 1.75. The Morgan fingerprint density at radius 3 is 2.47 bits per heavy atom. The quantitative estimate of drug-likeness (QED) is 0.439. The summed E-state index contributed by atoms with van der Waals surface area (Å²) < 4.78 is 5.17. The minimum Gasteiger partial charge on any atom is -0.394 e. The third kappa shape index (κ3) is 3.95. The average molecular weight is 245 g/mol. The molecule has 0 aromatic carbocycles. The van der Waals surface area contributed by atoms with E-state index in [1.807, 2.05) is 0 Å². The molecule has 98 valence electrons. The van der Waals surface area contributed by atoms with Crippen LogP contribution in [0.1, 0.15) is 19.3 Å². The maximum Gasteiger partial charge on any atom is 0.237 e. The predicted octanol–water partition coefficient (Wildman–Crippen LogP) is -2.15. The molecule has 1 unspecified atom stereocenters. The number of nitrogens with two attached hydrogens (primary N) is 2. The molecule has 0 spiro atoms. The van der Waals surface area contributed by atoms with E-state index in [0.717, 1.165) is 0 Å². The van der Waals surface area contributed by atoms with E-state index in [-0.39, 0.29) is 13.0 Å². The molecule has 0 aliphatic carbocycles. The highest BCUT2D eigenvalue weighted by Crippen LogP contribution is 2.20. The van der Waals surface area contributed by atoms with Crippen molar-refractivity contribution in [3.63, 3.8) is 0 Å². The van der Waals surface area contributed by atoms with Crippen LogP contribution in [0.15, 0.2) is 0 Å². The minimum atomic E-state index is -0.973. The molecule has 0 aromatic heterocycles. The maximum absolute atomic E-state index is 11.7. The third-order valence-corrected chi connectivity index (χ3v) is 2.90. The van der Waals surface area contributed by atoms with Crippen molar-refractivity contribution < 1.29 is 19.4 Å². The number of primary amides is 1. The van der Waals surface area contributed by atoms with Gasteiger partial charge in [0.05, 0.1) is 24.6 Å². The van der Waals surface area contributed by atoms with Crippen molar-refractivity contribution in [2.45, 2.75) is 30.8 Å². The van der Waals surface area contributed by atoms with Gasteiger partial charge in [-0.3, -0.25) is 9.59 Å². The third-order valence-electron chi connectivity index (χ3n) is 2.90. The van der Waals surface area contributed by atoms with Crippen molar-refractivity contribution in [3.8, 4) is 0 Å². The van der Waals surface area contributed by atoms with Crippen LogP contribution in [0.5, 0.6) is 0 Å². The summed E-state index contributed by atoms with van der Waals surface area (Å²) in [5.74, 6) is -1.10. The normalized spacial score (nSPS) is 20.6. The SMILES string of the molecule is NC(=O)CC(N)C(=O)NC1(CO)CCOCC1. The monoisotopic (exact) mass is 245 g/mol. The van der Waals surface area contributed by atoms with Crippen molar-refractivity contribution in [1.82, 2.24) is 5.32 Å². The van der Waals surface area contributed by atoms with E-state index in [4.69, 9.17) is 16.2 Å². The number of aliphatic hydroxyl groups is 1. The van der Waals surface area contributed by atoms with Crippen LogP contribution in [-0.4, -0.2) is 48.3 Å². The Bertz CT molecular complexity index is 289. The lowest BCUT2D eigenvalue weighted by Crippen LogP contribution is -2.58. The second-order valence-corrected chi connectivity index (χ2v) is 4.32. The van der Waals surface area contributed by atoms with Crippen molar-refractivity contribution in [2.24, 2.45) is 11.5 Å². The Labute approximate surface area is 99.5 Å². The van der Waals surface area contributed by atoms with Crippen LogP contribution in [0.3, 0.4) is 0 Å². The molecule has 1 fully saturated rings. The number of hydrogen-bond acceptors (Lipinski definition) is 5. The largest absolute Gasteiger partial charge is 0.394 e. The van der Waals surface area contributed by atoms with Gasteiger partial charge in [0, 0.05) is 13.2 Å². The molecule has 0 saturated carbocycles. The van der Waals surface area contributed by atoms with Gasteiger partial charge in [-0.2, -0.15) is 0 Å². The second-order valence-electron chi connectivity index (χ2n) is 4.32. The van der Waals surface area contributed by atoms with Gasteiger partial charge in [0.15, 0.2) is 0 Å². The zero-order chi connectivity index (χ0) is 12.9. The fraction of sp³-hybridized carbons (Fsp3) is 0.800. The molecule has 7 nitrogen and oxygen atoms in total. The first-order chi connectivity index (χ1) is 7.99. The van der Waals surface area contributed by atoms with Gasteiger partial charge >= 0.3 is 0 Å². The molecule has 1 aliphatic heterocycles. The van der Waals surface area contributed by atoms with E-state index in [2.05, 4.69) is 5.32 Å². The number of ether oxygens (including phenoxy) is 1. The molecular weight excluding hydrogens is 226 g/mol. The van der Waals surface area contributed by atoms with Gasteiger partial charge in [0.2, 0.25) is 11.8 Å². The number of nitrogens with one attached hydrogen (secondary N) is 1. The zero-order valence-corrected chi connectivity index (χ0v) is 9.65. The van der Waals surface area contributed by atoms with Gasteiger partial charge in [-0.25, -0.2) is 0 Å². The number of carbonyl (C=O) groups is 2. The summed E-state index contributed by atoms with van der Waals surface area (Å²) in [6.07, 6.45) is 0.848. The molecule has 0 radical (unpaired) electrons. The van der Waals surface area contributed by atoms with Gasteiger partial charge < -0.3 is 26.6 Å². The average Bonchev–Trinajstić information content (AvgIpc) is 2.29. The van der Waals surface area contributed by atoms with Crippen LogP contribution in [0.2, 0.25) is 0 Å². The summed E-state index contributed by atoms with van der Waals surface area (Å²) in [5.41, 5.74) is 9.79. The summed E-state index contributed by atoms with van der Waals surface area (Å²) in [7, 11) is 0. The van der Waals surface area contributed by atoms with E-state index >= 15 is 0 Å². The summed E-state index contributed by atoms with van der Waals surface area (Å²) in [6.45, 7) is 0.781. The van der Waals surface area contributed by atoms with Gasteiger partial charge in [-0.15, -0.1) is 0 Å². The molecule has 2 amide bonds. The number of rotatable bonds is 5. The second kappa shape index (κ2) is 5.95. The first-order valence-corrected chi connectivity index (χ1v) is 5.53. The lowest BCUT2D eigenvalue weighted by atomic mass is 9.90. The van der Waals surface area contributed by atoms with Gasteiger partial charge in [-0.05, 0) is 12.8 Å².